The van der Waals surface area contributed by atoms with Crippen LogP contribution in [0.25, 0.3) is 0 Å². The predicted molar refractivity (Wildman–Crippen MR) is 134 cm³/mol. The van der Waals surface area contributed by atoms with E-state index in [0.29, 0.717) is 0 Å². The Kier molecular flexibility index (Phi) is 34.5. The number of hydrogen-bond donors (Lipinski definition) is 4. The highest BCUT2D eigenvalue weighted by molar-refractivity contribution is 7.80. The minimum absolute atomic E-state index is 1.06. The fourth-order valence-electron chi connectivity index (χ4n) is 2.75. The molecule has 0 aliphatic carbocycles. The SMILES string of the molecule is SCCCCCCCCCCCS.SCCCCCCCCCCS. The summed E-state index contributed by atoms with van der Waals surface area (Å²) >= 11 is 16.8. The summed E-state index contributed by atoms with van der Waals surface area (Å²) in [6, 6.07) is 0. The van der Waals surface area contributed by atoms with Crippen LogP contribution in [-0.4, -0.2) is 23.0 Å². The van der Waals surface area contributed by atoms with Gasteiger partial charge in [-0.05, 0) is 48.7 Å². The fraction of sp³-hybridized carbons (Fsp3) is 1.00. The summed E-state index contributed by atoms with van der Waals surface area (Å²) in [6.07, 6.45) is 23.4. The van der Waals surface area contributed by atoms with Crippen LogP contribution in [-0.2, 0) is 0 Å². The second kappa shape index (κ2) is 30.1. The van der Waals surface area contributed by atoms with Gasteiger partial charge in [-0.1, -0.05) is 83.5 Å². The Bertz CT molecular complexity index is 180. The van der Waals surface area contributed by atoms with Crippen molar-refractivity contribution < 1.29 is 0 Å². The highest BCUT2D eigenvalue weighted by atomic mass is 32.1. The molecule has 0 saturated heterocycles. The first-order chi connectivity index (χ1) is 12.3. The molecule has 0 aromatic carbocycles. The Morgan fingerprint density at radius 1 is 0.200 bits per heavy atom. The number of unbranched alkanes of at least 4 members (excludes halogenated alkanes) is 15. The van der Waals surface area contributed by atoms with Gasteiger partial charge in [0.05, 0.1) is 0 Å². The molecule has 0 radical (unpaired) electrons. The first-order valence-electron chi connectivity index (χ1n) is 10.8. The summed E-state index contributed by atoms with van der Waals surface area (Å²) in [5.74, 6) is 4.23. The molecule has 0 fully saturated rings. The van der Waals surface area contributed by atoms with E-state index < -0.39 is 0 Å². The molecule has 0 atom stereocenters. The lowest BCUT2D eigenvalue weighted by Gasteiger charge is -2.00. The van der Waals surface area contributed by atoms with Crippen LogP contribution in [0, 0.1) is 0 Å². The third-order valence-corrected chi connectivity index (χ3v) is 5.65. The van der Waals surface area contributed by atoms with E-state index in [0.717, 1.165) is 23.0 Å². The van der Waals surface area contributed by atoms with Crippen molar-refractivity contribution in [3.05, 3.63) is 0 Å². The van der Waals surface area contributed by atoms with Crippen LogP contribution in [0.4, 0.5) is 0 Å². The molecule has 0 unspecified atom stereocenters. The zero-order valence-corrected chi connectivity index (χ0v) is 20.2. The molecule has 154 valence electrons. The third-order valence-electron chi connectivity index (χ3n) is 4.38. The molecule has 0 amide bonds. The maximum atomic E-state index is 4.20. The summed E-state index contributed by atoms with van der Waals surface area (Å²) in [4.78, 5) is 0. The summed E-state index contributed by atoms with van der Waals surface area (Å²) < 4.78 is 0. The van der Waals surface area contributed by atoms with Crippen molar-refractivity contribution in [1.29, 1.82) is 0 Å². The Labute approximate surface area is 182 Å². The summed E-state index contributed by atoms with van der Waals surface area (Å²) in [5, 5.41) is 0. The predicted octanol–water partition coefficient (Wildman–Crippen LogP) is 8.32. The lowest BCUT2D eigenvalue weighted by molar-refractivity contribution is 0.574. The van der Waals surface area contributed by atoms with Gasteiger partial charge in [0.2, 0.25) is 0 Å². The molecular formula is C21H46S4. The van der Waals surface area contributed by atoms with Gasteiger partial charge >= 0.3 is 0 Å². The maximum Gasteiger partial charge on any atom is -0.00979 e. The van der Waals surface area contributed by atoms with Crippen molar-refractivity contribution in [2.24, 2.45) is 0 Å². The fourth-order valence-corrected chi connectivity index (χ4v) is 3.64. The lowest BCUT2D eigenvalue weighted by Crippen LogP contribution is -1.82. The van der Waals surface area contributed by atoms with E-state index in [1.807, 2.05) is 0 Å². The van der Waals surface area contributed by atoms with Gasteiger partial charge in [-0.2, -0.15) is 50.5 Å². The van der Waals surface area contributed by atoms with Crippen molar-refractivity contribution in [3.8, 4) is 0 Å². The third kappa shape index (κ3) is 33.4. The van der Waals surface area contributed by atoms with Crippen LogP contribution in [0.15, 0.2) is 0 Å². The second-order valence-corrected chi connectivity index (χ2v) is 8.69. The smallest absolute Gasteiger partial charge is 0.00979 e. The highest BCUT2D eigenvalue weighted by Gasteiger charge is 1.91. The normalized spacial score (nSPS) is 10.6. The zero-order valence-electron chi connectivity index (χ0n) is 16.6. The van der Waals surface area contributed by atoms with E-state index in [2.05, 4.69) is 50.5 Å². The van der Waals surface area contributed by atoms with Crippen molar-refractivity contribution in [1.82, 2.24) is 0 Å². The Morgan fingerprint density at radius 2 is 0.320 bits per heavy atom. The van der Waals surface area contributed by atoms with E-state index >= 15 is 0 Å². The van der Waals surface area contributed by atoms with E-state index in [9.17, 15) is 0 Å². The first-order valence-corrected chi connectivity index (χ1v) is 13.3. The van der Waals surface area contributed by atoms with Gasteiger partial charge in [-0.25, -0.2) is 0 Å². The molecule has 0 spiro atoms. The molecule has 0 saturated carbocycles. The minimum atomic E-state index is 1.06. The Balaban J connectivity index is 0. The molecule has 0 N–H and O–H groups in total. The average molecular weight is 427 g/mol. The molecule has 25 heavy (non-hydrogen) atoms. The van der Waals surface area contributed by atoms with Crippen LogP contribution in [0.1, 0.15) is 109 Å². The van der Waals surface area contributed by atoms with Crippen molar-refractivity contribution in [2.75, 3.05) is 23.0 Å². The number of hydrogen-bond acceptors (Lipinski definition) is 4. The Hall–Kier alpha value is 1.40. The van der Waals surface area contributed by atoms with Gasteiger partial charge in [0.1, 0.15) is 0 Å². The van der Waals surface area contributed by atoms with Gasteiger partial charge in [0, 0.05) is 0 Å². The monoisotopic (exact) mass is 426 g/mol. The Morgan fingerprint density at radius 3 is 0.440 bits per heavy atom. The topological polar surface area (TPSA) is 0 Å². The van der Waals surface area contributed by atoms with E-state index in [1.54, 1.807) is 0 Å². The van der Waals surface area contributed by atoms with E-state index in [-0.39, 0.29) is 0 Å². The van der Waals surface area contributed by atoms with Crippen LogP contribution >= 0.6 is 50.5 Å². The maximum absolute atomic E-state index is 4.20. The molecule has 0 heterocycles. The van der Waals surface area contributed by atoms with Crippen molar-refractivity contribution in [3.63, 3.8) is 0 Å². The van der Waals surface area contributed by atoms with Crippen LogP contribution in [0.2, 0.25) is 0 Å². The number of rotatable bonds is 19. The van der Waals surface area contributed by atoms with Gasteiger partial charge in [0.15, 0.2) is 0 Å². The van der Waals surface area contributed by atoms with Crippen LogP contribution in [0.5, 0.6) is 0 Å². The second-order valence-electron chi connectivity index (χ2n) is 6.90. The van der Waals surface area contributed by atoms with E-state index in [4.69, 9.17) is 0 Å². The zero-order chi connectivity index (χ0) is 18.8. The minimum Gasteiger partial charge on any atom is -0.179 e. The van der Waals surface area contributed by atoms with Gasteiger partial charge in [-0.15, -0.1) is 0 Å². The molecule has 0 bridgehead atoms. The molecule has 0 aromatic rings. The van der Waals surface area contributed by atoms with Gasteiger partial charge in [-0.3, -0.25) is 0 Å². The van der Waals surface area contributed by atoms with Gasteiger partial charge < -0.3 is 0 Å². The van der Waals surface area contributed by atoms with Crippen LogP contribution < -0.4 is 0 Å². The lowest BCUT2D eigenvalue weighted by atomic mass is 10.1. The molecule has 4 heteroatoms. The molecule has 0 aliphatic heterocycles. The first kappa shape index (κ1) is 28.6. The molecule has 0 rings (SSSR count). The highest BCUT2D eigenvalue weighted by Crippen LogP contribution is 2.10. The standard InChI is InChI=1S/C11H24S2.C10H22S2/c12-10-8-6-4-2-1-3-5-7-9-11-13;11-9-7-5-3-1-2-4-6-8-10-12/h12-13H,1-11H2;11-12H,1-10H2. The molecular weight excluding hydrogens is 380 g/mol. The van der Waals surface area contributed by atoms with Crippen LogP contribution in [0.3, 0.4) is 0 Å². The summed E-state index contributed by atoms with van der Waals surface area (Å²) in [5.41, 5.74) is 0. The van der Waals surface area contributed by atoms with Crippen molar-refractivity contribution >= 4 is 50.5 Å². The quantitative estimate of drug-likeness (QED) is 0.116. The summed E-state index contributed by atoms with van der Waals surface area (Å²) in [7, 11) is 0. The molecule has 0 nitrogen and oxygen atoms in total. The van der Waals surface area contributed by atoms with Gasteiger partial charge in [0.25, 0.3) is 0 Å². The van der Waals surface area contributed by atoms with Crippen molar-refractivity contribution in [2.45, 2.75) is 109 Å². The summed E-state index contributed by atoms with van der Waals surface area (Å²) in [6.45, 7) is 0. The number of thiol groups is 4. The molecule has 0 aromatic heterocycles. The average Bonchev–Trinajstić information content (AvgIpc) is 2.63. The van der Waals surface area contributed by atoms with E-state index in [1.165, 1.54) is 109 Å². The largest absolute Gasteiger partial charge is 0.179 e. The molecule has 0 aliphatic rings.